The zero-order chi connectivity index (χ0) is 20.6. The number of rotatable bonds is 6. The Morgan fingerprint density at radius 2 is 1.83 bits per heavy atom. The summed E-state index contributed by atoms with van der Waals surface area (Å²) < 4.78 is 6.84. The average Bonchev–Trinajstić information content (AvgIpc) is 2.70. The van der Waals surface area contributed by atoms with Gasteiger partial charge in [-0.15, -0.1) is 0 Å². The first kappa shape index (κ1) is 20.6. The molecule has 3 rings (SSSR count). The van der Waals surface area contributed by atoms with E-state index in [1.807, 2.05) is 61.5 Å². The molecule has 0 aliphatic heterocycles. The minimum Gasteiger partial charge on any atom is -0.488 e. The predicted molar refractivity (Wildman–Crippen MR) is 121 cm³/mol. The third-order valence-electron chi connectivity index (χ3n) is 4.25. The van der Waals surface area contributed by atoms with Gasteiger partial charge in [-0.05, 0) is 49.2 Å². The molecular weight excluding hydrogens is 430 g/mol. The number of hydrogen-bond donors (Lipinski definition) is 2. The molecule has 0 aliphatic rings. The Morgan fingerprint density at radius 3 is 2.59 bits per heavy atom. The summed E-state index contributed by atoms with van der Waals surface area (Å²) in [6, 6.07) is 21.0. The van der Waals surface area contributed by atoms with Gasteiger partial charge in [-0.1, -0.05) is 64.0 Å². The van der Waals surface area contributed by atoms with Crippen LogP contribution in [-0.4, -0.2) is 12.2 Å². The Kier molecular flexibility index (Phi) is 7.03. The molecule has 148 valence electrons. The lowest BCUT2D eigenvalue weighted by atomic mass is 10.1. The molecule has 0 spiro atoms. The van der Waals surface area contributed by atoms with Crippen LogP contribution in [0.4, 0.5) is 10.5 Å². The van der Waals surface area contributed by atoms with Gasteiger partial charge in [0.15, 0.2) is 0 Å². The van der Waals surface area contributed by atoms with Crippen LogP contribution in [0.2, 0.25) is 0 Å². The number of urea groups is 1. The molecule has 3 aromatic rings. The van der Waals surface area contributed by atoms with E-state index in [9.17, 15) is 4.79 Å². The van der Waals surface area contributed by atoms with E-state index in [-0.39, 0.29) is 0 Å². The first-order chi connectivity index (χ1) is 14.0. The SMILES string of the molecule is Cc1ccc(COc2ccc(Br)cc2C=NNC(=O)Nc2ccccc2C)cc1. The fourth-order valence-corrected chi connectivity index (χ4v) is 3.00. The van der Waals surface area contributed by atoms with Crippen LogP contribution in [0.1, 0.15) is 22.3 Å². The molecule has 0 aliphatic carbocycles. The summed E-state index contributed by atoms with van der Waals surface area (Å²) in [5.41, 5.74) is 7.24. The number of anilines is 1. The number of carbonyl (C=O) groups excluding carboxylic acids is 1. The van der Waals surface area contributed by atoms with Gasteiger partial charge in [-0.25, -0.2) is 10.2 Å². The summed E-state index contributed by atoms with van der Waals surface area (Å²) in [4.78, 5) is 12.1. The van der Waals surface area contributed by atoms with Crippen LogP contribution in [0.3, 0.4) is 0 Å². The fourth-order valence-electron chi connectivity index (χ4n) is 2.62. The highest BCUT2D eigenvalue weighted by Crippen LogP contribution is 2.23. The number of hydrogen-bond acceptors (Lipinski definition) is 3. The highest BCUT2D eigenvalue weighted by molar-refractivity contribution is 9.10. The van der Waals surface area contributed by atoms with Crippen molar-refractivity contribution in [3.63, 3.8) is 0 Å². The second kappa shape index (κ2) is 9.89. The standard InChI is InChI=1S/C23H22BrN3O2/c1-16-7-9-18(10-8-16)15-29-22-12-11-20(24)13-19(22)14-25-27-23(28)26-21-6-4-3-5-17(21)2/h3-14H,15H2,1-2H3,(H2,26,27,28). The Labute approximate surface area is 178 Å². The van der Waals surface area contributed by atoms with Gasteiger partial charge >= 0.3 is 6.03 Å². The second-order valence-corrected chi connectivity index (χ2v) is 7.51. The molecule has 0 aromatic heterocycles. The normalized spacial score (nSPS) is 10.7. The topological polar surface area (TPSA) is 62.7 Å². The molecule has 3 aromatic carbocycles. The third kappa shape index (κ3) is 6.19. The van der Waals surface area contributed by atoms with Crippen molar-refractivity contribution >= 4 is 33.9 Å². The van der Waals surface area contributed by atoms with Crippen molar-refractivity contribution in [1.29, 1.82) is 0 Å². The molecule has 0 radical (unpaired) electrons. The zero-order valence-electron chi connectivity index (χ0n) is 16.3. The number of benzene rings is 3. The van der Waals surface area contributed by atoms with E-state index in [1.54, 1.807) is 6.21 Å². The van der Waals surface area contributed by atoms with Gasteiger partial charge in [0, 0.05) is 15.7 Å². The van der Waals surface area contributed by atoms with Crippen molar-refractivity contribution in [2.75, 3.05) is 5.32 Å². The molecule has 2 amide bonds. The van der Waals surface area contributed by atoms with Gasteiger partial charge in [-0.3, -0.25) is 0 Å². The molecule has 0 saturated heterocycles. The number of ether oxygens (including phenoxy) is 1. The predicted octanol–water partition coefficient (Wildman–Crippen LogP) is 5.80. The van der Waals surface area contributed by atoms with Crippen LogP contribution in [0.15, 0.2) is 76.3 Å². The second-order valence-electron chi connectivity index (χ2n) is 6.60. The molecule has 0 bridgehead atoms. The fraction of sp³-hybridized carbons (Fsp3) is 0.130. The van der Waals surface area contributed by atoms with Crippen LogP contribution in [0.5, 0.6) is 5.75 Å². The molecule has 6 heteroatoms. The van der Waals surface area contributed by atoms with Gasteiger partial charge < -0.3 is 10.1 Å². The highest BCUT2D eigenvalue weighted by atomic mass is 79.9. The maximum absolute atomic E-state index is 12.1. The largest absolute Gasteiger partial charge is 0.488 e. The molecular formula is C23H22BrN3O2. The van der Waals surface area contributed by atoms with Crippen molar-refractivity contribution in [1.82, 2.24) is 5.43 Å². The van der Waals surface area contributed by atoms with Crippen molar-refractivity contribution in [3.05, 3.63) is 93.5 Å². The van der Waals surface area contributed by atoms with Gasteiger partial charge in [-0.2, -0.15) is 5.10 Å². The maximum Gasteiger partial charge on any atom is 0.339 e. The molecule has 0 heterocycles. The van der Waals surface area contributed by atoms with E-state index in [1.165, 1.54) is 5.56 Å². The molecule has 29 heavy (non-hydrogen) atoms. The first-order valence-corrected chi connectivity index (χ1v) is 9.94. The van der Waals surface area contributed by atoms with E-state index >= 15 is 0 Å². The average molecular weight is 452 g/mol. The summed E-state index contributed by atoms with van der Waals surface area (Å²) in [5.74, 6) is 0.679. The van der Waals surface area contributed by atoms with Crippen LogP contribution >= 0.6 is 15.9 Å². The zero-order valence-corrected chi connectivity index (χ0v) is 17.9. The van der Waals surface area contributed by atoms with Gasteiger partial charge in [0.05, 0.1) is 6.21 Å². The van der Waals surface area contributed by atoms with Crippen LogP contribution in [0, 0.1) is 13.8 Å². The van der Waals surface area contributed by atoms with E-state index < -0.39 is 6.03 Å². The van der Waals surface area contributed by atoms with Crippen LogP contribution in [-0.2, 0) is 6.61 Å². The number of carbonyl (C=O) groups is 1. The van der Waals surface area contributed by atoms with Gasteiger partial charge in [0.2, 0.25) is 0 Å². The maximum atomic E-state index is 12.1. The van der Waals surface area contributed by atoms with Crippen molar-refractivity contribution < 1.29 is 9.53 Å². The molecule has 0 saturated carbocycles. The number of halogens is 1. The lowest BCUT2D eigenvalue weighted by Crippen LogP contribution is -2.24. The van der Waals surface area contributed by atoms with E-state index in [0.29, 0.717) is 12.4 Å². The van der Waals surface area contributed by atoms with E-state index in [4.69, 9.17) is 4.74 Å². The summed E-state index contributed by atoms with van der Waals surface area (Å²) in [6.45, 7) is 4.43. The first-order valence-electron chi connectivity index (χ1n) is 9.15. The lowest BCUT2D eigenvalue weighted by molar-refractivity contribution is 0.252. The quantitative estimate of drug-likeness (QED) is 0.367. The monoisotopic (exact) mass is 451 g/mol. The third-order valence-corrected chi connectivity index (χ3v) is 4.74. The van der Waals surface area contributed by atoms with Crippen molar-refractivity contribution in [2.24, 2.45) is 5.10 Å². The van der Waals surface area contributed by atoms with Crippen molar-refractivity contribution in [2.45, 2.75) is 20.5 Å². The Hall–Kier alpha value is -3.12. The Balaban J connectivity index is 1.63. The number of amides is 2. The molecule has 2 N–H and O–H groups in total. The molecule has 0 fully saturated rings. The van der Waals surface area contributed by atoms with Crippen molar-refractivity contribution in [3.8, 4) is 5.75 Å². The van der Waals surface area contributed by atoms with E-state index in [0.717, 1.165) is 26.9 Å². The van der Waals surface area contributed by atoms with Crippen LogP contribution < -0.4 is 15.5 Å². The smallest absolute Gasteiger partial charge is 0.339 e. The number of aryl methyl sites for hydroxylation is 2. The van der Waals surface area contributed by atoms with Gasteiger partial charge in [0.25, 0.3) is 0 Å². The number of nitrogens with one attached hydrogen (secondary N) is 2. The summed E-state index contributed by atoms with van der Waals surface area (Å²) in [6.07, 6.45) is 1.56. The van der Waals surface area contributed by atoms with Gasteiger partial charge in [0.1, 0.15) is 12.4 Å². The number of para-hydroxylation sites is 1. The number of hydrazone groups is 1. The molecule has 5 nitrogen and oxygen atoms in total. The Morgan fingerprint density at radius 1 is 1.07 bits per heavy atom. The summed E-state index contributed by atoms with van der Waals surface area (Å²) >= 11 is 3.46. The minimum absolute atomic E-state index is 0.410. The Bertz CT molecular complexity index is 1020. The molecule has 0 unspecified atom stereocenters. The minimum atomic E-state index is -0.410. The summed E-state index contributed by atoms with van der Waals surface area (Å²) in [7, 11) is 0. The van der Waals surface area contributed by atoms with Crippen LogP contribution in [0.25, 0.3) is 0 Å². The lowest BCUT2D eigenvalue weighted by Gasteiger charge is -2.10. The highest BCUT2D eigenvalue weighted by Gasteiger charge is 2.05. The van der Waals surface area contributed by atoms with E-state index in [2.05, 4.69) is 50.8 Å². The molecule has 0 atom stereocenters. The summed E-state index contributed by atoms with van der Waals surface area (Å²) in [5, 5.41) is 6.82. The number of nitrogens with zero attached hydrogens (tertiary/aromatic N) is 1.